The van der Waals surface area contributed by atoms with E-state index in [0.717, 1.165) is 24.8 Å². The third-order valence-corrected chi connectivity index (χ3v) is 5.44. The van der Waals surface area contributed by atoms with E-state index in [1.165, 1.54) is 6.33 Å². The van der Waals surface area contributed by atoms with E-state index in [0.29, 0.717) is 29.3 Å². The Morgan fingerprint density at radius 2 is 2.03 bits per heavy atom. The van der Waals surface area contributed by atoms with E-state index < -0.39 is 11.7 Å². The van der Waals surface area contributed by atoms with Gasteiger partial charge < -0.3 is 15.4 Å². The molecule has 0 saturated heterocycles. The van der Waals surface area contributed by atoms with Gasteiger partial charge in [-0.25, -0.2) is 19.2 Å². The Balaban J connectivity index is 1.60. The molecule has 2 N–H and O–H groups in total. The first-order valence-corrected chi connectivity index (χ1v) is 11.2. The number of benzene rings is 1. The molecule has 9 heteroatoms. The van der Waals surface area contributed by atoms with Gasteiger partial charge in [0.15, 0.2) is 5.82 Å². The number of carbonyl (C=O) groups excluding carboxylic acids is 1. The number of anilines is 1. The number of ether oxygens (including phenoxy) is 1. The van der Waals surface area contributed by atoms with Crippen LogP contribution in [0.4, 0.5) is 15.1 Å². The van der Waals surface area contributed by atoms with Gasteiger partial charge in [-0.15, -0.1) is 0 Å². The Hall–Kier alpha value is -3.36. The molecule has 1 aliphatic carbocycles. The molecule has 0 spiro atoms. The maximum Gasteiger partial charge on any atom is 0.408 e. The van der Waals surface area contributed by atoms with Crippen molar-refractivity contribution in [1.82, 2.24) is 20.3 Å². The second-order valence-electron chi connectivity index (χ2n) is 9.31. The highest BCUT2D eigenvalue weighted by atomic mass is 19.1. The highest BCUT2D eigenvalue weighted by molar-refractivity contribution is 6.04. The average molecular weight is 453 g/mol. The lowest BCUT2D eigenvalue weighted by atomic mass is 9.95. The number of nitrogens with zero attached hydrogens (tertiary/aromatic N) is 4. The molecule has 1 amide bonds. The predicted molar refractivity (Wildman–Crippen MR) is 125 cm³/mol. The van der Waals surface area contributed by atoms with Crippen molar-refractivity contribution < 1.29 is 13.9 Å². The fourth-order valence-electron chi connectivity index (χ4n) is 4.01. The zero-order chi connectivity index (χ0) is 23.6. The molecule has 33 heavy (non-hydrogen) atoms. The van der Waals surface area contributed by atoms with Crippen LogP contribution in [0.3, 0.4) is 0 Å². The molecule has 4 rings (SSSR count). The van der Waals surface area contributed by atoms with Crippen molar-refractivity contribution in [2.45, 2.75) is 71.1 Å². The van der Waals surface area contributed by atoms with Crippen molar-refractivity contribution in [2.75, 3.05) is 5.32 Å². The van der Waals surface area contributed by atoms with Crippen LogP contribution in [-0.4, -0.2) is 38.5 Å². The molecule has 1 aliphatic heterocycles. The van der Waals surface area contributed by atoms with Gasteiger partial charge in [0, 0.05) is 0 Å². The Labute approximate surface area is 192 Å². The number of nitrogens with one attached hydrogen (secondary N) is 2. The van der Waals surface area contributed by atoms with Crippen molar-refractivity contribution in [3.05, 3.63) is 47.6 Å². The van der Waals surface area contributed by atoms with Crippen LogP contribution in [0, 0.1) is 5.82 Å². The molecule has 2 aliphatic rings. The summed E-state index contributed by atoms with van der Waals surface area (Å²) in [6.45, 7) is 7.41. The van der Waals surface area contributed by atoms with E-state index in [1.807, 2.05) is 45.9 Å². The van der Waals surface area contributed by atoms with Gasteiger partial charge in [-0.2, -0.15) is 4.98 Å². The number of aromatic nitrogens is 3. The first kappa shape index (κ1) is 22.8. The van der Waals surface area contributed by atoms with Crippen LogP contribution >= 0.6 is 0 Å². The van der Waals surface area contributed by atoms with Gasteiger partial charge in [-0.05, 0) is 70.2 Å². The van der Waals surface area contributed by atoms with Gasteiger partial charge in [0.25, 0.3) is 0 Å². The summed E-state index contributed by atoms with van der Waals surface area (Å²) < 4.78 is 21.1. The van der Waals surface area contributed by atoms with E-state index in [2.05, 4.69) is 30.6 Å². The zero-order valence-corrected chi connectivity index (χ0v) is 19.4. The van der Waals surface area contributed by atoms with Crippen LogP contribution in [0.15, 0.2) is 35.6 Å². The minimum Gasteiger partial charge on any atom is -0.444 e. The normalized spacial score (nSPS) is 20.0. The van der Waals surface area contributed by atoms with Crippen molar-refractivity contribution in [3.8, 4) is 11.4 Å². The van der Waals surface area contributed by atoms with E-state index in [1.54, 1.807) is 6.07 Å². The molecular weight excluding hydrogens is 423 g/mol. The van der Waals surface area contributed by atoms with Crippen LogP contribution in [0.2, 0.25) is 0 Å². The Bertz CT molecular complexity index is 1110. The first-order chi connectivity index (χ1) is 15.7. The van der Waals surface area contributed by atoms with Gasteiger partial charge in [0.05, 0.1) is 17.6 Å². The number of hydrogen-bond acceptors (Lipinski definition) is 7. The molecule has 2 heterocycles. The number of rotatable bonds is 3. The number of fused-ring (bicyclic) bond motifs is 1. The lowest BCUT2D eigenvalue weighted by Crippen LogP contribution is -2.35. The molecule has 1 aromatic carbocycles. The summed E-state index contributed by atoms with van der Waals surface area (Å²) in [6, 6.07) is 3.30. The maximum absolute atomic E-state index is 15.7. The van der Waals surface area contributed by atoms with E-state index in [4.69, 9.17) is 4.74 Å². The summed E-state index contributed by atoms with van der Waals surface area (Å²) in [5.74, 6) is 0.827. The molecule has 0 radical (unpaired) electrons. The van der Waals surface area contributed by atoms with E-state index >= 15 is 4.39 Å². The second-order valence-corrected chi connectivity index (χ2v) is 9.31. The van der Waals surface area contributed by atoms with Gasteiger partial charge >= 0.3 is 6.09 Å². The van der Waals surface area contributed by atoms with Crippen LogP contribution < -0.4 is 10.6 Å². The number of amidine groups is 1. The molecule has 0 fully saturated rings. The van der Waals surface area contributed by atoms with Crippen molar-refractivity contribution >= 4 is 17.9 Å². The van der Waals surface area contributed by atoms with Gasteiger partial charge in [-0.3, -0.25) is 4.99 Å². The van der Waals surface area contributed by atoms with Crippen molar-refractivity contribution in [2.24, 2.45) is 4.99 Å². The molecule has 2 atom stereocenters. The summed E-state index contributed by atoms with van der Waals surface area (Å²) in [5.41, 5.74) is 1.05. The van der Waals surface area contributed by atoms with E-state index in [-0.39, 0.29) is 23.7 Å². The standard InChI is InChI=1S/C24H29FN6O2/c1-14-9-12-19(28-14)30-22-27-13-26-21(31-22)17-11-10-15-16(20(17)25)7-5-6-8-18(15)29-23(32)33-24(2,3)4/h9-14,18H,5-8H2,1-4H3,(H,29,32)(H,26,27,28,30,31)/t14-,18?/m1/s1. The maximum atomic E-state index is 15.7. The molecular formula is C24H29FN6O2. The largest absolute Gasteiger partial charge is 0.444 e. The number of amides is 1. The fraction of sp³-hybridized carbons (Fsp3) is 0.458. The van der Waals surface area contributed by atoms with E-state index in [9.17, 15) is 4.79 Å². The van der Waals surface area contributed by atoms with Crippen LogP contribution in [0.25, 0.3) is 11.4 Å². The van der Waals surface area contributed by atoms with Crippen molar-refractivity contribution in [3.63, 3.8) is 0 Å². The SMILES string of the molecule is C[C@@H]1C=CC(Nc2ncnc(-c3ccc4c(c3F)CCCCC4NC(=O)OC(C)(C)C)n2)=N1. The molecule has 0 saturated carbocycles. The Morgan fingerprint density at radius 1 is 1.21 bits per heavy atom. The summed E-state index contributed by atoms with van der Waals surface area (Å²) in [5, 5.41) is 5.95. The molecule has 1 aromatic heterocycles. The summed E-state index contributed by atoms with van der Waals surface area (Å²) in [4.78, 5) is 29.5. The number of halogens is 1. The lowest BCUT2D eigenvalue weighted by Gasteiger charge is -2.24. The topological polar surface area (TPSA) is 101 Å². The van der Waals surface area contributed by atoms with Crippen LogP contribution in [0.1, 0.15) is 64.1 Å². The number of carbonyl (C=O) groups is 1. The smallest absolute Gasteiger partial charge is 0.408 e. The highest BCUT2D eigenvalue weighted by Gasteiger charge is 2.27. The molecule has 174 valence electrons. The quantitative estimate of drug-likeness (QED) is 0.653. The van der Waals surface area contributed by atoms with Crippen LogP contribution in [-0.2, 0) is 11.2 Å². The molecule has 0 bridgehead atoms. The van der Waals surface area contributed by atoms with Gasteiger partial charge in [0.1, 0.15) is 23.6 Å². The van der Waals surface area contributed by atoms with Crippen LogP contribution in [0.5, 0.6) is 0 Å². The summed E-state index contributed by atoms with van der Waals surface area (Å²) in [7, 11) is 0. The summed E-state index contributed by atoms with van der Waals surface area (Å²) >= 11 is 0. The highest BCUT2D eigenvalue weighted by Crippen LogP contribution is 2.34. The monoisotopic (exact) mass is 452 g/mol. The molecule has 1 unspecified atom stereocenters. The predicted octanol–water partition coefficient (Wildman–Crippen LogP) is 4.74. The molecule has 8 nitrogen and oxygen atoms in total. The Kier molecular flexibility index (Phi) is 6.40. The molecule has 2 aromatic rings. The Morgan fingerprint density at radius 3 is 2.76 bits per heavy atom. The summed E-state index contributed by atoms with van der Waals surface area (Å²) in [6.07, 6.45) is 7.66. The minimum atomic E-state index is -0.602. The number of aliphatic imine (C=N–C) groups is 1. The zero-order valence-electron chi connectivity index (χ0n) is 19.4. The third kappa shape index (κ3) is 5.53. The lowest BCUT2D eigenvalue weighted by molar-refractivity contribution is 0.0501. The first-order valence-electron chi connectivity index (χ1n) is 11.2. The van der Waals surface area contributed by atoms with Crippen molar-refractivity contribution in [1.29, 1.82) is 0 Å². The number of alkyl carbamates (subject to hydrolysis) is 1. The fourth-order valence-corrected chi connectivity index (χ4v) is 4.01. The third-order valence-electron chi connectivity index (χ3n) is 5.44. The minimum absolute atomic E-state index is 0.0954. The second kappa shape index (κ2) is 9.25. The van der Waals surface area contributed by atoms with Gasteiger partial charge in [0.2, 0.25) is 5.95 Å². The van der Waals surface area contributed by atoms with Gasteiger partial charge in [-0.1, -0.05) is 18.6 Å². The average Bonchev–Trinajstić information content (AvgIpc) is 3.02. The number of hydrogen-bond donors (Lipinski definition) is 2.